The average Bonchev–Trinajstić information content (AvgIpc) is 2.98. The van der Waals surface area contributed by atoms with E-state index >= 15 is 0 Å². The second-order valence-corrected chi connectivity index (χ2v) is 10.1. The maximum Gasteiger partial charge on any atom is 0.417 e. The Labute approximate surface area is 166 Å². The van der Waals surface area contributed by atoms with E-state index in [1.807, 2.05) is 0 Å². The minimum absolute atomic E-state index is 0.0697. The monoisotopic (exact) mass is 421 g/mol. The van der Waals surface area contributed by atoms with Crippen LogP contribution in [0.25, 0.3) is 20.4 Å². The molecule has 0 spiro atoms. The summed E-state index contributed by atoms with van der Waals surface area (Å²) in [5.74, 6) is 1.74. The fraction of sp³-hybridized carbons (Fsp3) is 0.550. The first-order valence-electron chi connectivity index (χ1n) is 9.89. The third kappa shape index (κ3) is 2.49. The van der Waals surface area contributed by atoms with E-state index in [1.165, 1.54) is 25.3 Å². The molecular weight excluding hydrogens is 403 g/mol. The molecule has 0 atom stereocenters. The second-order valence-electron chi connectivity index (χ2n) is 9.15. The highest BCUT2D eigenvalue weighted by molar-refractivity contribution is 7.25. The highest BCUT2D eigenvalue weighted by Gasteiger charge is 2.53. The first-order valence-corrected chi connectivity index (χ1v) is 10.7. The van der Waals surface area contributed by atoms with Gasteiger partial charge in [-0.15, -0.1) is 11.3 Å². The van der Waals surface area contributed by atoms with Gasteiger partial charge in [0.25, 0.3) is 5.56 Å². The van der Waals surface area contributed by atoms with Crippen molar-refractivity contribution in [2.75, 3.05) is 0 Å². The number of hydrogen-bond acceptors (Lipinski definition) is 4. The molecule has 0 aromatic carbocycles. The van der Waals surface area contributed by atoms with E-state index in [2.05, 4.69) is 9.97 Å². The van der Waals surface area contributed by atoms with Crippen molar-refractivity contribution >= 4 is 31.8 Å². The number of H-pyrrole nitrogens is 2. The van der Waals surface area contributed by atoms with Crippen LogP contribution in [0.4, 0.5) is 13.2 Å². The largest absolute Gasteiger partial charge is 0.417 e. The summed E-state index contributed by atoms with van der Waals surface area (Å²) in [5.41, 5.74) is -2.16. The van der Waals surface area contributed by atoms with Crippen LogP contribution < -0.4 is 11.2 Å². The van der Waals surface area contributed by atoms with Gasteiger partial charge in [-0.1, -0.05) is 0 Å². The van der Waals surface area contributed by atoms with Crippen molar-refractivity contribution in [1.29, 1.82) is 0 Å². The van der Waals surface area contributed by atoms with Crippen LogP contribution in [-0.2, 0) is 11.6 Å². The van der Waals surface area contributed by atoms with Crippen LogP contribution in [-0.4, -0.2) is 15.0 Å². The van der Waals surface area contributed by atoms with Crippen molar-refractivity contribution in [1.82, 2.24) is 15.0 Å². The number of fused-ring (bicyclic) bond motifs is 3. The van der Waals surface area contributed by atoms with Crippen molar-refractivity contribution < 1.29 is 13.2 Å². The third-order valence-electron chi connectivity index (χ3n) is 7.22. The number of nitrogens with zero attached hydrogens (tertiary/aromatic N) is 1. The molecule has 0 amide bonds. The molecule has 4 aliphatic carbocycles. The summed E-state index contributed by atoms with van der Waals surface area (Å²) in [7, 11) is 0. The van der Waals surface area contributed by atoms with Gasteiger partial charge >= 0.3 is 11.9 Å². The van der Waals surface area contributed by atoms with E-state index in [4.69, 9.17) is 4.98 Å². The predicted octanol–water partition coefficient (Wildman–Crippen LogP) is 4.31. The van der Waals surface area contributed by atoms with Crippen LogP contribution in [0.1, 0.15) is 49.8 Å². The van der Waals surface area contributed by atoms with E-state index in [0.29, 0.717) is 23.4 Å². The lowest BCUT2D eigenvalue weighted by Gasteiger charge is -2.56. The number of alkyl halides is 3. The molecule has 7 rings (SSSR count). The third-order valence-corrected chi connectivity index (χ3v) is 8.30. The predicted molar refractivity (Wildman–Crippen MR) is 103 cm³/mol. The van der Waals surface area contributed by atoms with Gasteiger partial charge in [-0.05, 0) is 62.3 Å². The fourth-order valence-electron chi connectivity index (χ4n) is 6.60. The number of halogens is 3. The number of thiophene rings is 1. The number of rotatable bonds is 1. The Morgan fingerprint density at radius 3 is 2.24 bits per heavy atom. The Bertz CT molecular complexity index is 1250. The molecule has 29 heavy (non-hydrogen) atoms. The molecule has 0 aliphatic heterocycles. The highest BCUT2D eigenvalue weighted by atomic mass is 32.1. The van der Waals surface area contributed by atoms with Gasteiger partial charge in [-0.3, -0.25) is 9.78 Å². The Balaban J connectivity index is 1.66. The van der Waals surface area contributed by atoms with Gasteiger partial charge in [0, 0.05) is 16.5 Å². The molecule has 2 N–H and O–H groups in total. The summed E-state index contributed by atoms with van der Waals surface area (Å²) in [6.45, 7) is 0. The smallest absolute Gasteiger partial charge is 0.305 e. The minimum Gasteiger partial charge on any atom is -0.305 e. The van der Waals surface area contributed by atoms with E-state index in [-0.39, 0.29) is 25.8 Å². The zero-order valence-corrected chi connectivity index (χ0v) is 16.2. The van der Waals surface area contributed by atoms with Crippen LogP contribution in [0.3, 0.4) is 0 Å². The van der Waals surface area contributed by atoms with Gasteiger partial charge < -0.3 is 4.98 Å². The molecule has 3 aromatic rings. The Kier molecular flexibility index (Phi) is 3.35. The molecule has 0 radical (unpaired) electrons. The quantitative estimate of drug-likeness (QED) is 0.615. The van der Waals surface area contributed by atoms with Gasteiger partial charge in [0.1, 0.15) is 9.53 Å². The first kappa shape index (κ1) is 17.7. The molecule has 3 heterocycles. The van der Waals surface area contributed by atoms with Gasteiger partial charge in [0.2, 0.25) is 0 Å². The van der Waals surface area contributed by atoms with Crippen LogP contribution >= 0.6 is 11.3 Å². The number of hydrogen-bond donors (Lipinski definition) is 2. The SMILES string of the molecule is O=c1[nH]c(=O)c2sc3nc(C45CC6CC(CC(C6)C4)C5)cc(C(F)(F)F)c3c2[nH]1. The van der Waals surface area contributed by atoms with Gasteiger partial charge in [-0.2, -0.15) is 13.2 Å². The van der Waals surface area contributed by atoms with E-state index < -0.39 is 23.0 Å². The van der Waals surface area contributed by atoms with Crippen molar-refractivity contribution in [3.05, 3.63) is 38.2 Å². The molecule has 4 aliphatic rings. The molecule has 9 heteroatoms. The lowest BCUT2D eigenvalue weighted by atomic mass is 9.48. The number of pyridine rings is 1. The number of aromatic amines is 2. The van der Waals surface area contributed by atoms with E-state index in [1.54, 1.807) is 0 Å². The molecule has 3 aromatic heterocycles. The van der Waals surface area contributed by atoms with Crippen LogP contribution in [0.15, 0.2) is 15.7 Å². The molecule has 4 bridgehead atoms. The lowest BCUT2D eigenvalue weighted by molar-refractivity contribution is -0.136. The number of nitrogens with one attached hydrogen (secondary N) is 2. The molecule has 4 saturated carbocycles. The normalized spacial score (nSPS) is 31.2. The second kappa shape index (κ2) is 5.50. The van der Waals surface area contributed by atoms with Crippen LogP contribution in [0, 0.1) is 17.8 Å². The average molecular weight is 421 g/mol. The standard InChI is InChI=1S/C20H18F3N3O2S/c21-20(22,23)11-4-12(19-5-8-1-9(6-19)3-10(2-8)7-19)24-17-13(11)14-15(29-17)16(27)26-18(28)25-14/h4,8-10H,1-3,5-7H2,(H2,25,26,27,28). The molecule has 0 saturated heterocycles. The van der Waals surface area contributed by atoms with Crippen molar-refractivity contribution in [3.63, 3.8) is 0 Å². The highest BCUT2D eigenvalue weighted by Crippen LogP contribution is 2.61. The van der Waals surface area contributed by atoms with Gasteiger partial charge in [-0.25, -0.2) is 9.78 Å². The zero-order valence-electron chi connectivity index (χ0n) is 15.4. The molecule has 0 unspecified atom stereocenters. The summed E-state index contributed by atoms with van der Waals surface area (Å²) >= 11 is 0.920. The Morgan fingerprint density at radius 2 is 1.66 bits per heavy atom. The van der Waals surface area contributed by atoms with Crippen molar-refractivity contribution in [2.24, 2.45) is 17.8 Å². The molecule has 152 valence electrons. The van der Waals surface area contributed by atoms with Crippen molar-refractivity contribution in [2.45, 2.75) is 50.1 Å². The van der Waals surface area contributed by atoms with Gasteiger partial charge in [0.15, 0.2) is 0 Å². The molecule has 5 nitrogen and oxygen atoms in total. The summed E-state index contributed by atoms with van der Waals surface area (Å²) in [4.78, 5) is 33.2. The topological polar surface area (TPSA) is 78.6 Å². The van der Waals surface area contributed by atoms with Crippen LogP contribution in [0.2, 0.25) is 0 Å². The maximum absolute atomic E-state index is 14.1. The summed E-state index contributed by atoms with van der Waals surface area (Å²) in [5, 5.41) is -0.172. The fourth-order valence-corrected chi connectivity index (χ4v) is 7.65. The minimum atomic E-state index is -4.61. The van der Waals surface area contributed by atoms with E-state index in [9.17, 15) is 22.8 Å². The Hall–Kier alpha value is -2.16. The van der Waals surface area contributed by atoms with Crippen molar-refractivity contribution in [3.8, 4) is 0 Å². The van der Waals surface area contributed by atoms with E-state index in [0.717, 1.165) is 30.6 Å². The number of aromatic nitrogens is 3. The summed E-state index contributed by atoms with van der Waals surface area (Å²) in [6, 6.07) is 1.20. The summed E-state index contributed by atoms with van der Waals surface area (Å²) < 4.78 is 42.3. The summed E-state index contributed by atoms with van der Waals surface area (Å²) in [6.07, 6.45) is 1.66. The first-order chi connectivity index (χ1) is 13.7. The zero-order chi connectivity index (χ0) is 20.1. The molecule has 4 fully saturated rings. The Morgan fingerprint density at radius 1 is 1.03 bits per heavy atom. The maximum atomic E-state index is 14.1. The van der Waals surface area contributed by atoms with Gasteiger partial charge in [0.05, 0.1) is 11.1 Å². The molecular formula is C20H18F3N3O2S. The van der Waals surface area contributed by atoms with Crippen LogP contribution in [0.5, 0.6) is 0 Å². The lowest BCUT2D eigenvalue weighted by Crippen LogP contribution is -2.49.